The Bertz CT molecular complexity index is 431. The maximum absolute atomic E-state index is 12.4. The van der Waals surface area contributed by atoms with Gasteiger partial charge in [0.15, 0.2) is 0 Å². The van der Waals surface area contributed by atoms with Crippen molar-refractivity contribution in [1.82, 2.24) is 4.98 Å². The molecule has 7 heteroatoms. The maximum Gasteiger partial charge on any atom is 0.335 e. The Labute approximate surface area is 116 Å². The van der Waals surface area contributed by atoms with E-state index >= 15 is 0 Å². The smallest absolute Gasteiger partial charge is 0.335 e. The second kappa shape index (κ2) is 7.24. The molecular formula is C11H17BrNO4P. The molecule has 0 fully saturated rings. The van der Waals surface area contributed by atoms with Crippen molar-refractivity contribution in [2.24, 2.45) is 0 Å². The minimum absolute atomic E-state index is 0.143. The first-order valence-corrected chi connectivity index (χ1v) is 8.13. The van der Waals surface area contributed by atoms with Gasteiger partial charge in [-0.05, 0) is 35.8 Å². The van der Waals surface area contributed by atoms with E-state index in [4.69, 9.17) is 13.8 Å². The molecule has 0 aliphatic rings. The van der Waals surface area contributed by atoms with E-state index in [1.54, 1.807) is 26.1 Å². The van der Waals surface area contributed by atoms with Crippen molar-refractivity contribution in [1.29, 1.82) is 0 Å². The summed E-state index contributed by atoms with van der Waals surface area (Å²) in [5.74, 6) is 0.429. The molecule has 1 heterocycles. The fraction of sp³-hybridized carbons (Fsp3) is 0.545. The summed E-state index contributed by atoms with van der Waals surface area (Å²) in [5.41, 5.74) is 0.692. The molecule has 0 amide bonds. The van der Waals surface area contributed by atoms with Gasteiger partial charge in [-0.3, -0.25) is 4.57 Å². The molecule has 1 rings (SSSR count). The average molecular weight is 338 g/mol. The third-order valence-electron chi connectivity index (χ3n) is 2.10. The summed E-state index contributed by atoms with van der Waals surface area (Å²) in [4.78, 5) is 4.10. The predicted octanol–water partition coefficient (Wildman–Crippen LogP) is 3.62. The van der Waals surface area contributed by atoms with Crippen molar-refractivity contribution in [2.75, 3.05) is 20.3 Å². The summed E-state index contributed by atoms with van der Waals surface area (Å²) in [6.45, 7) is 4.23. The van der Waals surface area contributed by atoms with Crippen LogP contribution in [0.15, 0.2) is 16.7 Å². The standard InChI is InChI=1S/C11H17BrNO4P/c1-4-16-18(14,17-5-2)8-9-6-10(12)7-13-11(9)15-3/h6-7H,4-5,8H2,1-3H3. The van der Waals surface area contributed by atoms with Gasteiger partial charge in [-0.2, -0.15) is 0 Å². The summed E-state index contributed by atoms with van der Waals surface area (Å²) < 4.78 is 28.8. The molecule has 0 spiro atoms. The Kier molecular flexibility index (Phi) is 6.29. The molecule has 0 saturated heterocycles. The van der Waals surface area contributed by atoms with Crippen molar-refractivity contribution < 1.29 is 18.3 Å². The van der Waals surface area contributed by atoms with Gasteiger partial charge in [0.05, 0.1) is 26.5 Å². The van der Waals surface area contributed by atoms with Gasteiger partial charge in [0.25, 0.3) is 0 Å². The van der Waals surface area contributed by atoms with Crippen LogP contribution in [0, 0.1) is 0 Å². The zero-order valence-electron chi connectivity index (χ0n) is 10.7. The average Bonchev–Trinajstić information content (AvgIpc) is 2.29. The largest absolute Gasteiger partial charge is 0.481 e. The Morgan fingerprint density at radius 2 is 1.94 bits per heavy atom. The maximum atomic E-state index is 12.4. The molecule has 0 radical (unpaired) electrons. The fourth-order valence-electron chi connectivity index (χ4n) is 1.50. The van der Waals surface area contributed by atoms with Crippen LogP contribution in [-0.4, -0.2) is 25.3 Å². The monoisotopic (exact) mass is 337 g/mol. The lowest BCUT2D eigenvalue weighted by atomic mass is 10.3. The van der Waals surface area contributed by atoms with Crippen molar-refractivity contribution in [3.8, 4) is 5.88 Å². The van der Waals surface area contributed by atoms with E-state index in [1.165, 1.54) is 7.11 Å². The van der Waals surface area contributed by atoms with Gasteiger partial charge in [0, 0.05) is 16.2 Å². The van der Waals surface area contributed by atoms with Crippen LogP contribution in [0.4, 0.5) is 0 Å². The highest BCUT2D eigenvalue weighted by Gasteiger charge is 2.26. The molecule has 0 bridgehead atoms. The van der Waals surface area contributed by atoms with Crippen molar-refractivity contribution in [2.45, 2.75) is 20.0 Å². The number of halogens is 1. The van der Waals surface area contributed by atoms with E-state index in [-0.39, 0.29) is 6.16 Å². The highest BCUT2D eigenvalue weighted by Crippen LogP contribution is 2.52. The lowest BCUT2D eigenvalue weighted by Crippen LogP contribution is -2.02. The van der Waals surface area contributed by atoms with E-state index < -0.39 is 7.60 Å². The minimum atomic E-state index is -3.14. The third-order valence-corrected chi connectivity index (χ3v) is 4.57. The minimum Gasteiger partial charge on any atom is -0.481 e. The molecule has 5 nitrogen and oxygen atoms in total. The number of hydrogen-bond donors (Lipinski definition) is 0. The molecule has 1 aromatic rings. The number of methoxy groups -OCH3 is 1. The number of hydrogen-bond acceptors (Lipinski definition) is 5. The molecular weight excluding hydrogens is 321 g/mol. The molecule has 0 aliphatic heterocycles. The summed E-state index contributed by atoms with van der Waals surface area (Å²) in [6.07, 6.45) is 1.76. The molecule has 0 saturated carbocycles. The van der Waals surface area contributed by atoms with Gasteiger partial charge < -0.3 is 13.8 Å². The number of nitrogens with zero attached hydrogens (tertiary/aromatic N) is 1. The normalized spacial score (nSPS) is 11.6. The second-order valence-electron chi connectivity index (χ2n) is 3.43. The topological polar surface area (TPSA) is 57.7 Å². The Morgan fingerprint density at radius 3 is 2.44 bits per heavy atom. The Hall–Kier alpha value is -0.420. The lowest BCUT2D eigenvalue weighted by Gasteiger charge is -2.18. The first-order chi connectivity index (χ1) is 8.54. The molecule has 0 aromatic carbocycles. The molecule has 0 aliphatic carbocycles. The summed E-state index contributed by atoms with van der Waals surface area (Å²) >= 11 is 3.32. The number of aromatic nitrogens is 1. The van der Waals surface area contributed by atoms with Gasteiger partial charge in [-0.1, -0.05) is 0 Å². The molecule has 18 heavy (non-hydrogen) atoms. The summed E-state index contributed by atoms with van der Waals surface area (Å²) in [7, 11) is -1.62. The molecule has 0 N–H and O–H groups in total. The van der Waals surface area contributed by atoms with Crippen molar-refractivity contribution in [3.63, 3.8) is 0 Å². The fourth-order valence-corrected chi connectivity index (χ4v) is 3.56. The van der Waals surface area contributed by atoms with Gasteiger partial charge in [-0.25, -0.2) is 4.98 Å². The number of ether oxygens (including phenoxy) is 1. The van der Waals surface area contributed by atoms with E-state index in [0.717, 1.165) is 4.47 Å². The second-order valence-corrected chi connectivity index (χ2v) is 6.40. The highest BCUT2D eigenvalue weighted by atomic mass is 79.9. The van der Waals surface area contributed by atoms with E-state index in [2.05, 4.69) is 20.9 Å². The number of pyridine rings is 1. The Morgan fingerprint density at radius 1 is 1.33 bits per heavy atom. The summed E-state index contributed by atoms with van der Waals surface area (Å²) in [5, 5.41) is 0. The molecule has 0 atom stereocenters. The highest BCUT2D eigenvalue weighted by molar-refractivity contribution is 9.10. The SMILES string of the molecule is CCOP(=O)(Cc1cc(Br)cnc1OC)OCC. The van der Waals surface area contributed by atoms with Crippen LogP contribution in [0.1, 0.15) is 19.4 Å². The number of rotatable bonds is 7. The first kappa shape index (κ1) is 15.6. The zero-order valence-corrected chi connectivity index (χ0v) is 13.2. The van der Waals surface area contributed by atoms with Crippen LogP contribution in [0.5, 0.6) is 5.88 Å². The van der Waals surface area contributed by atoms with Crippen LogP contribution in [0.25, 0.3) is 0 Å². The van der Waals surface area contributed by atoms with E-state index in [9.17, 15) is 4.57 Å². The van der Waals surface area contributed by atoms with Gasteiger partial charge in [-0.15, -0.1) is 0 Å². The van der Waals surface area contributed by atoms with E-state index in [0.29, 0.717) is 24.7 Å². The van der Waals surface area contributed by atoms with Gasteiger partial charge >= 0.3 is 7.60 Å². The van der Waals surface area contributed by atoms with Gasteiger partial charge in [0.2, 0.25) is 5.88 Å². The van der Waals surface area contributed by atoms with Crippen molar-refractivity contribution in [3.05, 3.63) is 22.3 Å². The van der Waals surface area contributed by atoms with Crippen LogP contribution in [0.3, 0.4) is 0 Å². The van der Waals surface area contributed by atoms with Crippen LogP contribution >= 0.6 is 23.5 Å². The molecule has 102 valence electrons. The Balaban J connectivity index is 2.99. The van der Waals surface area contributed by atoms with Crippen molar-refractivity contribution >= 4 is 23.5 Å². The van der Waals surface area contributed by atoms with E-state index in [1.807, 2.05) is 0 Å². The lowest BCUT2D eigenvalue weighted by molar-refractivity contribution is 0.218. The zero-order chi connectivity index (χ0) is 13.6. The third kappa shape index (κ3) is 4.35. The molecule has 1 aromatic heterocycles. The van der Waals surface area contributed by atoms with Crippen LogP contribution in [0.2, 0.25) is 0 Å². The summed E-state index contributed by atoms with van der Waals surface area (Å²) in [6, 6.07) is 1.80. The first-order valence-electron chi connectivity index (χ1n) is 5.61. The van der Waals surface area contributed by atoms with Crippen LogP contribution in [-0.2, 0) is 19.8 Å². The molecule has 0 unspecified atom stereocenters. The van der Waals surface area contributed by atoms with Gasteiger partial charge in [0.1, 0.15) is 0 Å². The van der Waals surface area contributed by atoms with Crippen LogP contribution < -0.4 is 4.74 Å². The predicted molar refractivity (Wildman–Crippen MR) is 73.1 cm³/mol. The quantitative estimate of drug-likeness (QED) is 0.711.